The van der Waals surface area contributed by atoms with Crippen LogP contribution in [0.25, 0.3) is 0 Å². The van der Waals surface area contributed by atoms with Crippen molar-refractivity contribution in [2.24, 2.45) is 11.8 Å². The van der Waals surface area contributed by atoms with Crippen LogP contribution in [0.5, 0.6) is 0 Å². The maximum Gasteiger partial charge on any atom is 0.422 e. The van der Waals surface area contributed by atoms with Crippen LogP contribution in [-0.2, 0) is 81.3 Å². The zero-order chi connectivity index (χ0) is 77.0. The molecule has 0 unspecified atom stereocenters. The topological polar surface area (TPSA) is 279 Å². The molecular weight excluding hydrogens is 1370 g/mol. The molecule has 0 radical (unpaired) electrons. The van der Waals surface area contributed by atoms with Crippen molar-refractivity contribution in [2.75, 3.05) is 88.7 Å². The van der Waals surface area contributed by atoms with Gasteiger partial charge in [-0.1, -0.05) is 65.0 Å². The van der Waals surface area contributed by atoms with Gasteiger partial charge in [-0.05, 0) is 125 Å². The Morgan fingerprint density at radius 1 is 0.673 bits per heavy atom. The number of carbonyl (C=O) groups is 12. The number of benzene rings is 2. The lowest BCUT2D eigenvalue weighted by Gasteiger charge is -2.47. The van der Waals surface area contributed by atoms with E-state index in [1.54, 1.807) is 34.6 Å². The maximum atomic E-state index is 15.6. The van der Waals surface area contributed by atoms with E-state index in [1.165, 1.54) is 86.0 Å². The van der Waals surface area contributed by atoms with Crippen molar-refractivity contribution in [3.63, 3.8) is 0 Å². The summed E-state index contributed by atoms with van der Waals surface area (Å²) in [5.74, 6) is -14.8. The van der Waals surface area contributed by atoms with Gasteiger partial charge in [0, 0.05) is 88.4 Å². The van der Waals surface area contributed by atoms with E-state index in [2.05, 4.69) is 16.0 Å². The Hall–Kier alpha value is -8.38. The largest absolute Gasteiger partial charge is 0.422 e. The number of ether oxygens (including phenoxy) is 1. The Kier molecular flexibility index (Phi) is 28.8. The van der Waals surface area contributed by atoms with Crippen LogP contribution in [0, 0.1) is 29.3 Å². The number of amides is 12. The molecule has 7 rings (SSSR count). The van der Waals surface area contributed by atoms with Gasteiger partial charge < -0.3 is 64.8 Å². The van der Waals surface area contributed by atoms with E-state index in [4.69, 9.17) is 4.74 Å². The second-order valence-corrected chi connectivity index (χ2v) is 28.8. The molecule has 25 nitrogen and oxygen atoms in total. The summed E-state index contributed by atoms with van der Waals surface area (Å²) >= 11 is 0. The normalized spacial score (nSPS) is 26.2. The first-order valence-electron chi connectivity index (χ1n) is 36.3. The summed E-state index contributed by atoms with van der Waals surface area (Å²) in [5, 5.41) is 8.35. The second kappa shape index (κ2) is 36.1. The molecule has 104 heavy (non-hydrogen) atoms. The number of hydrogen-bond donors (Lipinski definition) is 3. The van der Waals surface area contributed by atoms with Crippen LogP contribution in [0.1, 0.15) is 154 Å². The molecule has 1 spiro atoms. The molecule has 2 saturated carbocycles. The number of fused-ring (bicyclic) bond motifs is 3. The molecule has 2 aromatic carbocycles. The molecule has 5 aliphatic rings. The molecule has 2 aromatic rings. The van der Waals surface area contributed by atoms with Gasteiger partial charge >= 0.3 is 6.18 Å². The van der Waals surface area contributed by atoms with Crippen LogP contribution in [0.3, 0.4) is 0 Å². The number of aryl methyl sites for hydroxylation is 1. The van der Waals surface area contributed by atoms with E-state index >= 15 is 37.5 Å². The lowest BCUT2D eigenvalue weighted by atomic mass is 9.74. The molecule has 3 saturated heterocycles. The van der Waals surface area contributed by atoms with Crippen LogP contribution >= 0.6 is 0 Å². The average molecular weight is 1470 g/mol. The third-order valence-corrected chi connectivity index (χ3v) is 21.5. The van der Waals surface area contributed by atoms with Crippen molar-refractivity contribution in [3.05, 3.63) is 70.5 Å². The number of likely N-dealkylation sites (N-methyl/N-ethyl adjacent to an activating group) is 7. The highest BCUT2D eigenvalue weighted by Crippen LogP contribution is 2.39. The Morgan fingerprint density at radius 2 is 1.30 bits per heavy atom. The number of halogens is 6. The van der Waals surface area contributed by atoms with Gasteiger partial charge in [0.25, 0.3) is 0 Å². The Bertz CT molecular complexity index is 3440. The number of alkyl halides is 3. The number of rotatable bonds is 13. The van der Waals surface area contributed by atoms with E-state index < -0.39 is 204 Å². The predicted molar refractivity (Wildman–Crippen MR) is 369 cm³/mol. The fraction of sp³-hybridized carbons (Fsp3) is 0.671. The maximum absolute atomic E-state index is 15.6. The first-order chi connectivity index (χ1) is 49.0. The second-order valence-electron chi connectivity index (χ2n) is 28.8. The summed E-state index contributed by atoms with van der Waals surface area (Å²) in [7, 11) is 9.66. The highest BCUT2D eigenvalue weighted by Gasteiger charge is 2.54. The van der Waals surface area contributed by atoms with E-state index in [-0.39, 0.29) is 70.3 Å². The van der Waals surface area contributed by atoms with Crippen LogP contribution in [-0.4, -0.2) is 264 Å². The van der Waals surface area contributed by atoms with Crippen LogP contribution in [0.4, 0.5) is 26.3 Å². The third kappa shape index (κ3) is 19.4. The monoisotopic (exact) mass is 1470 g/mol. The number of nitrogens with one attached hydrogen (secondary N) is 3. The fourth-order valence-corrected chi connectivity index (χ4v) is 15.2. The molecular formula is C73H104F6N12O13. The Balaban J connectivity index is 1.33. The quantitative estimate of drug-likeness (QED) is 0.227. The molecule has 3 heterocycles. The van der Waals surface area contributed by atoms with Gasteiger partial charge in [0.15, 0.2) is 0 Å². The average Bonchev–Trinajstić information content (AvgIpc) is 1.18. The van der Waals surface area contributed by atoms with Crippen molar-refractivity contribution in [2.45, 2.75) is 216 Å². The molecule has 3 aliphatic heterocycles. The van der Waals surface area contributed by atoms with Crippen LogP contribution in [0.2, 0.25) is 0 Å². The summed E-state index contributed by atoms with van der Waals surface area (Å²) in [6.07, 6.45) is -3.73. The van der Waals surface area contributed by atoms with E-state index in [9.17, 15) is 46.3 Å². The smallest absolute Gasteiger partial charge is 0.377 e. The van der Waals surface area contributed by atoms with Gasteiger partial charge in [-0.3, -0.25) is 57.5 Å². The van der Waals surface area contributed by atoms with Crippen LogP contribution < -0.4 is 16.0 Å². The first-order valence-corrected chi connectivity index (χ1v) is 36.3. The van der Waals surface area contributed by atoms with Gasteiger partial charge in [-0.2, -0.15) is 13.2 Å². The Labute approximate surface area is 604 Å². The lowest BCUT2D eigenvalue weighted by molar-refractivity contribution is -0.158. The minimum Gasteiger partial charge on any atom is -0.377 e. The van der Waals surface area contributed by atoms with Gasteiger partial charge in [0.05, 0.1) is 25.6 Å². The van der Waals surface area contributed by atoms with Crippen molar-refractivity contribution in [1.82, 2.24) is 60.0 Å². The standard InChI is InChI=1S/C73H104F6N12O13/c1-13-43(5)61-69(101)85(9)42-59(94)87(11)53-25-18-17-21-34-90(68(53)100)55(37-44-26-29-47(74)30-27-44)67(99)84(8)41-57(92)80-51(31-28-45-35-49(75)60(50(76)36-45)73(77,78)79)65(97)91-40-48(104-16-4)38-54(91)64(96)82-72(32-22-33-72)71(103)88(12)62(46-23-19-20-24-46)70(102)89(15-3)56(66(98)83(6)7)39-58(93)86(10)52(14-2)63(95)81-61/h26-27,29-30,35-36,43,46,48,51-56,61-62H,13-25,28,31-34,37-42H2,1-12H3,(H,80,92)(H,81,95)(H,82,96)/t43-,48+,51-,52-,53-,54-,55-,56-,61-,62-/m0/s1. The minimum absolute atomic E-state index is 0.0184. The fourth-order valence-electron chi connectivity index (χ4n) is 15.2. The molecule has 10 atom stereocenters. The van der Waals surface area contributed by atoms with E-state index in [1.807, 2.05) is 0 Å². The van der Waals surface area contributed by atoms with Gasteiger partial charge in [0.1, 0.15) is 76.9 Å². The molecule has 31 heteroatoms. The number of carbonyl (C=O) groups excluding carboxylic acids is 12. The summed E-state index contributed by atoms with van der Waals surface area (Å²) < 4.78 is 92.3. The molecule has 3 N–H and O–H groups in total. The minimum atomic E-state index is -5.43. The molecule has 576 valence electrons. The van der Waals surface area contributed by atoms with Gasteiger partial charge in [0.2, 0.25) is 70.9 Å². The number of nitrogens with zero attached hydrogens (tertiary/aromatic N) is 9. The lowest BCUT2D eigenvalue weighted by Crippen LogP contribution is -2.68. The van der Waals surface area contributed by atoms with Gasteiger partial charge in [-0.25, -0.2) is 13.2 Å². The molecule has 2 aliphatic carbocycles. The number of hydrogen-bond acceptors (Lipinski definition) is 13. The Morgan fingerprint density at radius 3 is 1.87 bits per heavy atom. The highest BCUT2D eigenvalue weighted by atomic mass is 19.4. The summed E-state index contributed by atoms with van der Waals surface area (Å²) in [6.45, 7) is 6.60. The molecule has 0 aromatic heterocycles. The van der Waals surface area contributed by atoms with E-state index in [0.717, 1.165) is 31.7 Å². The van der Waals surface area contributed by atoms with Crippen molar-refractivity contribution in [3.8, 4) is 0 Å². The summed E-state index contributed by atoms with van der Waals surface area (Å²) in [4.78, 5) is 191. The highest BCUT2D eigenvalue weighted by molar-refractivity contribution is 6.01. The molecule has 5 fully saturated rings. The van der Waals surface area contributed by atoms with Gasteiger partial charge in [-0.15, -0.1) is 0 Å². The first kappa shape index (κ1) is 82.9. The van der Waals surface area contributed by atoms with E-state index in [0.29, 0.717) is 75.5 Å². The predicted octanol–water partition coefficient (Wildman–Crippen LogP) is 4.84. The van der Waals surface area contributed by atoms with Crippen molar-refractivity contribution < 1.29 is 88.6 Å². The molecule has 2 bridgehead atoms. The summed E-state index contributed by atoms with van der Waals surface area (Å²) in [6, 6.07) is -5.15. The zero-order valence-corrected chi connectivity index (χ0v) is 61.9. The van der Waals surface area contributed by atoms with Crippen molar-refractivity contribution >= 4 is 70.9 Å². The SMILES string of the molecule is CCO[C@@H]1C[C@H]2C(=O)NC3(CCC3)C(=O)N(C)[C@@H](C3CCCC3)C(=O)N(CC)[C@H](C(=O)N(C)C)CC(=O)N(C)[C@@H](CC)C(=O)N[C@@H]([C@@H](C)CC)C(=O)N(C)CC(=O)N(C)[C@H]3CCCCCN(C3=O)[C@@H](Cc3ccc(F)cc3)C(=O)N(C)CC(=O)N[C@@H](CCc3cc(F)c(C(F)(F)F)c(F)c3)C(=O)N2C1. The zero-order valence-electron chi connectivity index (χ0n) is 61.9. The van der Waals surface area contributed by atoms with Crippen molar-refractivity contribution in [1.29, 1.82) is 0 Å². The summed E-state index contributed by atoms with van der Waals surface area (Å²) in [5.41, 5.74) is -3.82. The third-order valence-electron chi connectivity index (χ3n) is 21.5. The molecule has 12 amide bonds. The van der Waals surface area contributed by atoms with Crippen LogP contribution in [0.15, 0.2) is 36.4 Å².